The van der Waals surface area contributed by atoms with Crippen molar-refractivity contribution in [3.63, 3.8) is 0 Å². The van der Waals surface area contributed by atoms with Crippen LogP contribution >= 0.6 is 0 Å². The van der Waals surface area contributed by atoms with Gasteiger partial charge in [-0.15, -0.1) is 0 Å². The van der Waals surface area contributed by atoms with E-state index in [1.54, 1.807) is 12.1 Å². The summed E-state index contributed by atoms with van der Waals surface area (Å²) < 4.78 is 0. The number of fused-ring (bicyclic) bond motifs is 1. The molecule has 2 rings (SSSR count). The maximum absolute atomic E-state index is 11.7. The van der Waals surface area contributed by atoms with Gasteiger partial charge in [0.1, 0.15) is 0 Å². The molecule has 17 heavy (non-hydrogen) atoms. The Labute approximate surface area is 99.0 Å². The maximum atomic E-state index is 11.7. The summed E-state index contributed by atoms with van der Waals surface area (Å²) >= 11 is 0. The van der Waals surface area contributed by atoms with Gasteiger partial charge in [0.2, 0.25) is 5.91 Å². The minimum Gasteiger partial charge on any atom is -0.326 e. The lowest BCUT2D eigenvalue weighted by Gasteiger charge is -2.23. The fraction of sp³-hybridized carbons (Fsp3) is 0.417. The first kappa shape index (κ1) is 11.6. The van der Waals surface area contributed by atoms with Crippen molar-refractivity contribution < 1.29 is 9.72 Å². The van der Waals surface area contributed by atoms with E-state index in [4.69, 9.17) is 0 Å². The average molecular weight is 234 g/mol. The van der Waals surface area contributed by atoms with Crippen LogP contribution in [0.15, 0.2) is 18.2 Å². The van der Waals surface area contributed by atoms with Gasteiger partial charge in [-0.3, -0.25) is 14.9 Å². The van der Waals surface area contributed by atoms with E-state index in [0.717, 1.165) is 18.4 Å². The van der Waals surface area contributed by atoms with E-state index in [0.29, 0.717) is 12.1 Å². The maximum Gasteiger partial charge on any atom is 0.269 e. The van der Waals surface area contributed by atoms with Crippen LogP contribution in [0.2, 0.25) is 0 Å². The molecule has 5 heteroatoms. The minimum absolute atomic E-state index is 0.0215. The van der Waals surface area contributed by atoms with E-state index in [1.807, 2.05) is 6.92 Å². The van der Waals surface area contributed by atoms with E-state index >= 15 is 0 Å². The van der Waals surface area contributed by atoms with Gasteiger partial charge >= 0.3 is 0 Å². The largest absolute Gasteiger partial charge is 0.326 e. The van der Waals surface area contributed by atoms with Gasteiger partial charge in [-0.1, -0.05) is 13.3 Å². The number of nitrogens with one attached hydrogen (secondary N) is 1. The highest BCUT2D eigenvalue weighted by Gasteiger charge is 2.26. The highest BCUT2D eigenvalue weighted by Crippen LogP contribution is 2.30. The Balaban J connectivity index is 2.30. The molecule has 0 saturated carbocycles. The van der Waals surface area contributed by atoms with Gasteiger partial charge in [-0.25, -0.2) is 0 Å². The van der Waals surface area contributed by atoms with Gasteiger partial charge in [0.05, 0.1) is 4.92 Å². The molecule has 0 radical (unpaired) electrons. The SMILES string of the molecule is CCCC1Cc2cc([N+](=O)[O-])ccc2NC1=O. The van der Waals surface area contributed by atoms with Crippen molar-refractivity contribution in [2.24, 2.45) is 5.92 Å². The quantitative estimate of drug-likeness (QED) is 0.645. The summed E-state index contributed by atoms with van der Waals surface area (Å²) in [5, 5.41) is 13.5. The van der Waals surface area contributed by atoms with Crippen LogP contribution in [0.4, 0.5) is 11.4 Å². The van der Waals surface area contributed by atoms with Crippen molar-refractivity contribution in [2.45, 2.75) is 26.2 Å². The van der Waals surface area contributed by atoms with Gasteiger partial charge < -0.3 is 5.32 Å². The lowest BCUT2D eigenvalue weighted by atomic mass is 9.90. The van der Waals surface area contributed by atoms with Crippen LogP contribution in [0.25, 0.3) is 0 Å². The van der Waals surface area contributed by atoms with Crippen LogP contribution < -0.4 is 5.32 Å². The Morgan fingerprint density at radius 2 is 2.29 bits per heavy atom. The number of anilines is 1. The number of benzene rings is 1. The third-order valence-electron chi connectivity index (χ3n) is 3.03. The first-order chi connectivity index (χ1) is 8.11. The molecular formula is C12H14N2O3. The van der Waals surface area contributed by atoms with Crippen LogP contribution in [0.1, 0.15) is 25.3 Å². The van der Waals surface area contributed by atoms with Gasteiger partial charge in [0.25, 0.3) is 5.69 Å². The van der Waals surface area contributed by atoms with Gasteiger partial charge in [-0.05, 0) is 24.5 Å². The number of carbonyl (C=O) groups excluding carboxylic acids is 1. The molecule has 1 amide bonds. The number of non-ortho nitro benzene ring substituents is 1. The molecule has 0 saturated heterocycles. The number of rotatable bonds is 3. The zero-order valence-electron chi connectivity index (χ0n) is 9.60. The average Bonchev–Trinajstić information content (AvgIpc) is 2.29. The van der Waals surface area contributed by atoms with Crippen molar-refractivity contribution in [1.29, 1.82) is 0 Å². The Hall–Kier alpha value is -1.91. The molecule has 5 nitrogen and oxygen atoms in total. The summed E-state index contributed by atoms with van der Waals surface area (Å²) in [6, 6.07) is 4.57. The Bertz CT molecular complexity index is 471. The summed E-state index contributed by atoms with van der Waals surface area (Å²) in [5.41, 5.74) is 1.64. The molecule has 1 aromatic carbocycles. The monoisotopic (exact) mass is 234 g/mol. The van der Waals surface area contributed by atoms with Crippen LogP contribution in [-0.4, -0.2) is 10.8 Å². The number of hydrogen-bond acceptors (Lipinski definition) is 3. The number of carbonyl (C=O) groups is 1. The zero-order chi connectivity index (χ0) is 12.4. The fourth-order valence-corrected chi connectivity index (χ4v) is 2.16. The molecule has 0 spiro atoms. The highest BCUT2D eigenvalue weighted by molar-refractivity contribution is 5.95. The van der Waals surface area contributed by atoms with E-state index < -0.39 is 4.92 Å². The number of nitro groups is 1. The van der Waals surface area contributed by atoms with Crippen LogP contribution in [0.3, 0.4) is 0 Å². The Morgan fingerprint density at radius 1 is 1.53 bits per heavy atom. The van der Waals surface area contributed by atoms with Gasteiger partial charge in [0, 0.05) is 23.7 Å². The molecule has 90 valence electrons. The molecule has 1 aromatic rings. The molecule has 1 aliphatic heterocycles. The number of hydrogen-bond donors (Lipinski definition) is 1. The number of nitrogens with zero attached hydrogens (tertiary/aromatic N) is 1. The van der Waals surface area contributed by atoms with Crippen molar-refractivity contribution in [1.82, 2.24) is 0 Å². The summed E-state index contributed by atoms with van der Waals surface area (Å²) in [7, 11) is 0. The van der Waals surface area contributed by atoms with Crippen molar-refractivity contribution in [3.05, 3.63) is 33.9 Å². The van der Waals surface area contributed by atoms with E-state index in [-0.39, 0.29) is 17.5 Å². The molecule has 1 heterocycles. The summed E-state index contributed by atoms with van der Waals surface area (Å²) in [6.07, 6.45) is 2.34. The highest BCUT2D eigenvalue weighted by atomic mass is 16.6. The number of amides is 1. The zero-order valence-corrected chi connectivity index (χ0v) is 9.60. The lowest BCUT2D eigenvalue weighted by Crippen LogP contribution is -2.29. The second-order valence-electron chi connectivity index (χ2n) is 4.28. The van der Waals surface area contributed by atoms with Crippen LogP contribution in [-0.2, 0) is 11.2 Å². The molecular weight excluding hydrogens is 220 g/mol. The second-order valence-corrected chi connectivity index (χ2v) is 4.28. The molecule has 1 atom stereocenters. The smallest absolute Gasteiger partial charge is 0.269 e. The lowest BCUT2D eigenvalue weighted by molar-refractivity contribution is -0.384. The van der Waals surface area contributed by atoms with E-state index in [2.05, 4.69) is 5.32 Å². The summed E-state index contributed by atoms with van der Waals surface area (Å²) in [4.78, 5) is 22.0. The van der Waals surface area contributed by atoms with Crippen molar-refractivity contribution in [2.75, 3.05) is 5.32 Å². The van der Waals surface area contributed by atoms with E-state index in [1.165, 1.54) is 6.07 Å². The summed E-state index contributed by atoms with van der Waals surface area (Å²) in [6.45, 7) is 2.02. The molecule has 0 aliphatic carbocycles. The first-order valence-corrected chi connectivity index (χ1v) is 5.70. The van der Waals surface area contributed by atoms with Crippen molar-refractivity contribution >= 4 is 17.3 Å². The van der Waals surface area contributed by atoms with Crippen LogP contribution in [0.5, 0.6) is 0 Å². The first-order valence-electron chi connectivity index (χ1n) is 5.70. The van der Waals surface area contributed by atoms with Crippen LogP contribution in [0, 0.1) is 16.0 Å². The summed E-state index contributed by atoms with van der Waals surface area (Å²) in [5.74, 6) is -0.0392. The third-order valence-corrected chi connectivity index (χ3v) is 3.03. The van der Waals surface area contributed by atoms with Gasteiger partial charge in [-0.2, -0.15) is 0 Å². The van der Waals surface area contributed by atoms with Gasteiger partial charge in [0.15, 0.2) is 0 Å². The molecule has 1 aliphatic rings. The minimum atomic E-state index is -0.411. The predicted octanol–water partition coefficient (Wildman–Crippen LogP) is 2.51. The van der Waals surface area contributed by atoms with Crippen molar-refractivity contribution in [3.8, 4) is 0 Å². The normalized spacial score (nSPS) is 18.4. The molecule has 1 N–H and O–H groups in total. The molecule has 0 bridgehead atoms. The fourth-order valence-electron chi connectivity index (χ4n) is 2.16. The predicted molar refractivity (Wildman–Crippen MR) is 63.8 cm³/mol. The molecule has 0 aromatic heterocycles. The second kappa shape index (κ2) is 4.53. The standard InChI is InChI=1S/C12H14N2O3/c1-2-3-8-6-9-7-10(14(16)17)4-5-11(9)13-12(8)15/h4-5,7-8H,2-3,6H2,1H3,(H,13,15). The topological polar surface area (TPSA) is 72.2 Å². The van der Waals surface area contributed by atoms with E-state index in [9.17, 15) is 14.9 Å². The number of nitro benzene ring substituents is 1. The Morgan fingerprint density at radius 3 is 2.94 bits per heavy atom. The Kier molecular flexibility index (Phi) is 3.08. The molecule has 1 unspecified atom stereocenters. The third kappa shape index (κ3) is 2.27. The molecule has 0 fully saturated rings.